The molecule has 0 aliphatic carbocycles. The molecule has 0 aromatic carbocycles. The van der Waals surface area contributed by atoms with E-state index in [0.29, 0.717) is 18.0 Å². The molecule has 0 bridgehead atoms. The van der Waals surface area contributed by atoms with Crippen LogP contribution in [0.5, 0.6) is 0 Å². The predicted molar refractivity (Wildman–Crippen MR) is 62.4 cm³/mol. The average Bonchev–Trinajstić information content (AvgIpc) is 2.25. The molecule has 0 spiro atoms. The second-order valence-corrected chi connectivity index (χ2v) is 3.68. The van der Waals surface area contributed by atoms with Gasteiger partial charge in [0.1, 0.15) is 5.83 Å². The van der Waals surface area contributed by atoms with Crippen LogP contribution in [0.3, 0.4) is 0 Å². The summed E-state index contributed by atoms with van der Waals surface area (Å²) >= 11 is 0. The van der Waals surface area contributed by atoms with Crippen molar-refractivity contribution in [2.75, 3.05) is 19.6 Å². The molecule has 84 valence electrons. The lowest BCUT2D eigenvalue weighted by atomic mass is 10.0. The molecule has 1 saturated heterocycles. The van der Waals surface area contributed by atoms with Gasteiger partial charge in [0.05, 0.1) is 0 Å². The summed E-state index contributed by atoms with van der Waals surface area (Å²) in [5, 5.41) is 6.62. The Labute approximate surface area is 90.9 Å². The fraction of sp³-hybridized carbons (Fsp3) is 0.500. The lowest BCUT2D eigenvalue weighted by Gasteiger charge is -2.25. The molecular weight excluding hydrogens is 191 g/mol. The van der Waals surface area contributed by atoms with Gasteiger partial charge in [-0.15, -0.1) is 0 Å². The summed E-state index contributed by atoms with van der Waals surface area (Å²) in [4.78, 5) is 0. The molecule has 2 nitrogen and oxygen atoms in total. The molecule has 1 atom stereocenters. The Hall–Kier alpha value is -0.930. The van der Waals surface area contributed by atoms with Crippen molar-refractivity contribution in [3.63, 3.8) is 0 Å². The quantitative estimate of drug-likeness (QED) is 0.693. The van der Waals surface area contributed by atoms with E-state index in [4.69, 9.17) is 0 Å². The molecule has 1 fully saturated rings. The normalized spacial score (nSPS) is 23.3. The van der Waals surface area contributed by atoms with E-state index in [1.165, 1.54) is 0 Å². The van der Waals surface area contributed by atoms with E-state index >= 15 is 0 Å². The molecule has 0 amide bonds. The van der Waals surface area contributed by atoms with Crippen molar-refractivity contribution in [3.05, 3.63) is 36.2 Å². The summed E-state index contributed by atoms with van der Waals surface area (Å²) in [6, 6.07) is 0.308. The minimum atomic E-state index is -0.333. The van der Waals surface area contributed by atoms with Crippen LogP contribution in [0, 0.1) is 0 Å². The molecule has 0 radical (unpaired) electrons. The third-order valence-corrected chi connectivity index (χ3v) is 2.43. The molecule has 1 rings (SSSR count). The van der Waals surface area contributed by atoms with Gasteiger partial charge >= 0.3 is 0 Å². The first-order valence-electron chi connectivity index (χ1n) is 5.34. The molecule has 1 heterocycles. The van der Waals surface area contributed by atoms with Gasteiger partial charge in [-0.2, -0.15) is 0 Å². The number of hydrogen-bond acceptors (Lipinski definition) is 2. The molecule has 0 aromatic rings. The van der Waals surface area contributed by atoms with Crippen LogP contribution >= 0.6 is 0 Å². The Kier molecular flexibility index (Phi) is 5.29. The summed E-state index contributed by atoms with van der Waals surface area (Å²) in [6.07, 6.45) is 6.21. The zero-order chi connectivity index (χ0) is 11.1. The Morgan fingerprint density at radius 3 is 2.87 bits per heavy atom. The van der Waals surface area contributed by atoms with Gasteiger partial charge in [-0.1, -0.05) is 24.8 Å². The maximum absolute atomic E-state index is 13.1. The van der Waals surface area contributed by atoms with Crippen LogP contribution in [0.15, 0.2) is 36.2 Å². The summed E-state index contributed by atoms with van der Waals surface area (Å²) in [5.74, 6) is -0.333. The second-order valence-electron chi connectivity index (χ2n) is 3.68. The van der Waals surface area contributed by atoms with Crippen molar-refractivity contribution in [1.82, 2.24) is 10.6 Å². The van der Waals surface area contributed by atoms with Crippen LogP contribution < -0.4 is 10.6 Å². The monoisotopic (exact) mass is 210 g/mol. The van der Waals surface area contributed by atoms with E-state index in [-0.39, 0.29) is 5.83 Å². The molecule has 2 N–H and O–H groups in total. The van der Waals surface area contributed by atoms with Gasteiger partial charge in [0.25, 0.3) is 0 Å². The van der Waals surface area contributed by atoms with Crippen LogP contribution in [-0.4, -0.2) is 25.7 Å². The van der Waals surface area contributed by atoms with Crippen molar-refractivity contribution in [2.24, 2.45) is 0 Å². The van der Waals surface area contributed by atoms with Crippen LogP contribution in [0.2, 0.25) is 0 Å². The van der Waals surface area contributed by atoms with Crippen LogP contribution in [0.1, 0.15) is 13.3 Å². The topological polar surface area (TPSA) is 24.1 Å². The molecule has 15 heavy (non-hydrogen) atoms. The molecule has 1 aliphatic rings. The Morgan fingerprint density at radius 1 is 1.53 bits per heavy atom. The third kappa shape index (κ3) is 4.40. The summed E-state index contributed by atoms with van der Waals surface area (Å²) in [6.45, 7) is 8.09. The molecule has 0 aromatic heterocycles. The number of rotatable bonds is 4. The standard InChI is InChI=1S/C12H19FN2/c1-3-4-5-11(10(2)13)8-12-9-14-6-7-15-12/h3-5,12,14-15H,2,6-9H2,1H3/b4-3-,11-5-. The highest BCUT2D eigenvalue weighted by Crippen LogP contribution is 2.16. The first-order valence-corrected chi connectivity index (χ1v) is 5.34. The summed E-state index contributed by atoms with van der Waals surface area (Å²) in [5.41, 5.74) is 0.675. The highest BCUT2D eigenvalue weighted by Gasteiger charge is 2.14. The summed E-state index contributed by atoms with van der Waals surface area (Å²) in [7, 11) is 0. The lowest BCUT2D eigenvalue weighted by molar-refractivity contribution is 0.413. The van der Waals surface area contributed by atoms with Crippen molar-refractivity contribution >= 4 is 0 Å². The minimum Gasteiger partial charge on any atom is -0.314 e. The maximum Gasteiger partial charge on any atom is 0.119 e. The van der Waals surface area contributed by atoms with E-state index in [1.54, 1.807) is 6.08 Å². The molecule has 1 aliphatic heterocycles. The SMILES string of the molecule is C=C(F)/C(=C\C=C/C)CC1CNCCN1. The largest absolute Gasteiger partial charge is 0.314 e. The van der Waals surface area contributed by atoms with Crippen LogP contribution in [-0.2, 0) is 0 Å². The van der Waals surface area contributed by atoms with Crippen molar-refractivity contribution < 1.29 is 4.39 Å². The highest BCUT2D eigenvalue weighted by atomic mass is 19.1. The van der Waals surface area contributed by atoms with Crippen LogP contribution in [0.4, 0.5) is 4.39 Å². The number of piperazine rings is 1. The van der Waals surface area contributed by atoms with E-state index in [1.807, 2.05) is 19.1 Å². The summed E-state index contributed by atoms with van der Waals surface area (Å²) < 4.78 is 13.1. The Balaban J connectivity index is 2.53. The third-order valence-electron chi connectivity index (χ3n) is 2.43. The highest BCUT2D eigenvalue weighted by molar-refractivity contribution is 5.27. The van der Waals surface area contributed by atoms with Gasteiger partial charge in [0, 0.05) is 25.7 Å². The van der Waals surface area contributed by atoms with Gasteiger partial charge < -0.3 is 10.6 Å². The molecular formula is C12H19FN2. The zero-order valence-electron chi connectivity index (χ0n) is 9.22. The number of nitrogens with one attached hydrogen (secondary N) is 2. The fourth-order valence-electron chi connectivity index (χ4n) is 1.60. The number of halogens is 1. The van der Waals surface area contributed by atoms with Gasteiger partial charge in [0.15, 0.2) is 0 Å². The van der Waals surface area contributed by atoms with Gasteiger partial charge in [-0.25, -0.2) is 4.39 Å². The first kappa shape index (κ1) is 12.1. The maximum atomic E-state index is 13.1. The van der Waals surface area contributed by atoms with Crippen molar-refractivity contribution in [2.45, 2.75) is 19.4 Å². The second kappa shape index (κ2) is 6.53. The molecule has 3 heteroatoms. The van der Waals surface area contributed by atoms with E-state index in [0.717, 1.165) is 19.6 Å². The van der Waals surface area contributed by atoms with Crippen LogP contribution in [0.25, 0.3) is 0 Å². The molecule has 0 saturated carbocycles. The van der Waals surface area contributed by atoms with E-state index < -0.39 is 0 Å². The van der Waals surface area contributed by atoms with Crippen molar-refractivity contribution in [1.29, 1.82) is 0 Å². The smallest absolute Gasteiger partial charge is 0.119 e. The van der Waals surface area contributed by atoms with E-state index in [2.05, 4.69) is 17.2 Å². The first-order chi connectivity index (χ1) is 7.24. The lowest BCUT2D eigenvalue weighted by Crippen LogP contribution is -2.48. The zero-order valence-corrected chi connectivity index (χ0v) is 9.22. The predicted octanol–water partition coefficient (Wildman–Crippen LogP) is 1.92. The van der Waals surface area contributed by atoms with Crippen molar-refractivity contribution in [3.8, 4) is 0 Å². The minimum absolute atomic E-state index is 0.308. The van der Waals surface area contributed by atoms with Gasteiger partial charge in [0.2, 0.25) is 0 Å². The van der Waals surface area contributed by atoms with Gasteiger partial charge in [-0.3, -0.25) is 0 Å². The molecule has 1 unspecified atom stereocenters. The Morgan fingerprint density at radius 2 is 2.33 bits per heavy atom. The number of hydrogen-bond donors (Lipinski definition) is 2. The number of allylic oxidation sites excluding steroid dienone is 4. The Bertz CT molecular complexity index is 263. The fourth-order valence-corrected chi connectivity index (χ4v) is 1.60. The van der Waals surface area contributed by atoms with Gasteiger partial charge in [-0.05, 0) is 18.9 Å². The average molecular weight is 210 g/mol. The van der Waals surface area contributed by atoms with E-state index in [9.17, 15) is 4.39 Å².